The van der Waals surface area contributed by atoms with Gasteiger partial charge < -0.3 is 10.2 Å². The van der Waals surface area contributed by atoms with Crippen LogP contribution in [0.5, 0.6) is 0 Å². The molecule has 2 aromatic rings. The second-order valence-electron chi connectivity index (χ2n) is 7.98. The lowest BCUT2D eigenvalue weighted by atomic mass is 10.0. The molecule has 0 aliphatic carbocycles. The van der Waals surface area contributed by atoms with Crippen LogP contribution in [0.4, 0.5) is 0 Å². The zero-order chi connectivity index (χ0) is 20.8. The van der Waals surface area contributed by atoms with Crippen molar-refractivity contribution >= 4 is 23.6 Å². The molecule has 2 heterocycles. The normalized spacial score (nSPS) is 19.6. The van der Waals surface area contributed by atoms with Gasteiger partial charge in [0.2, 0.25) is 5.91 Å². The van der Waals surface area contributed by atoms with Gasteiger partial charge in [-0.1, -0.05) is 48.9 Å². The van der Waals surface area contributed by atoms with E-state index in [9.17, 15) is 9.59 Å². The minimum Gasteiger partial charge on any atom is -0.350 e. The van der Waals surface area contributed by atoms with E-state index in [2.05, 4.69) is 28.4 Å². The number of piperidine rings is 1. The van der Waals surface area contributed by atoms with Crippen LogP contribution >= 0.6 is 11.8 Å². The summed E-state index contributed by atoms with van der Waals surface area (Å²) in [6.45, 7) is 3.73. The molecule has 2 fully saturated rings. The van der Waals surface area contributed by atoms with Crippen LogP contribution < -0.4 is 5.32 Å². The first-order valence-corrected chi connectivity index (χ1v) is 11.9. The molecule has 158 valence electrons. The van der Waals surface area contributed by atoms with Gasteiger partial charge in [-0.15, -0.1) is 11.8 Å². The Balaban J connectivity index is 1.38. The maximum Gasteiger partial charge on any atom is 0.255 e. The molecule has 0 spiro atoms. The Morgan fingerprint density at radius 2 is 1.63 bits per heavy atom. The summed E-state index contributed by atoms with van der Waals surface area (Å²) in [5.74, 6) is 1.04. The van der Waals surface area contributed by atoms with Crippen LogP contribution in [0.3, 0.4) is 0 Å². The van der Waals surface area contributed by atoms with Gasteiger partial charge in [0.05, 0.1) is 5.88 Å². The molecule has 1 unspecified atom stereocenters. The minimum absolute atomic E-state index is 0.0722. The maximum atomic E-state index is 12.9. The van der Waals surface area contributed by atoms with Crippen molar-refractivity contribution in [3.05, 3.63) is 71.3 Å². The summed E-state index contributed by atoms with van der Waals surface area (Å²) in [4.78, 5) is 30.0. The smallest absolute Gasteiger partial charge is 0.255 e. The van der Waals surface area contributed by atoms with E-state index in [1.807, 2.05) is 24.3 Å². The van der Waals surface area contributed by atoms with Gasteiger partial charge in [-0.25, -0.2) is 0 Å². The van der Waals surface area contributed by atoms with Crippen LogP contribution in [0.25, 0.3) is 0 Å². The first kappa shape index (κ1) is 20.9. The number of hydrogen-bond acceptors (Lipinski definition) is 4. The molecule has 4 rings (SSSR count). The molecule has 0 radical (unpaired) electrons. The highest BCUT2D eigenvalue weighted by atomic mass is 32.2. The molecule has 1 N–H and O–H groups in total. The number of carbonyl (C=O) groups is 2. The number of thioether (sulfide) groups is 1. The fourth-order valence-corrected chi connectivity index (χ4v) is 5.30. The number of amides is 2. The van der Waals surface area contributed by atoms with Crippen molar-refractivity contribution in [2.45, 2.75) is 38.4 Å². The molecule has 1 atom stereocenters. The summed E-state index contributed by atoms with van der Waals surface area (Å²) in [6.07, 6.45) is 3.86. The molecule has 2 saturated heterocycles. The third-order valence-corrected chi connectivity index (χ3v) is 6.89. The number of benzene rings is 2. The Labute approximate surface area is 182 Å². The number of rotatable bonds is 6. The van der Waals surface area contributed by atoms with Crippen LogP contribution in [0.15, 0.2) is 54.6 Å². The van der Waals surface area contributed by atoms with Gasteiger partial charge in [-0.3, -0.25) is 14.5 Å². The van der Waals surface area contributed by atoms with E-state index in [0.717, 1.165) is 25.2 Å². The summed E-state index contributed by atoms with van der Waals surface area (Å²) in [6, 6.07) is 17.1. The Morgan fingerprint density at radius 3 is 2.40 bits per heavy atom. The van der Waals surface area contributed by atoms with Crippen molar-refractivity contribution in [1.29, 1.82) is 0 Å². The van der Waals surface area contributed by atoms with Crippen LogP contribution in [0, 0.1) is 0 Å². The molecular formula is C24H29N3O2S. The van der Waals surface area contributed by atoms with E-state index in [4.69, 9.17) is 0 Å². The summed E-state index contributed by atoms with van der Waals surface area (Å²) >= 11 is 1.63. The Kier molecular flexibility index (Phi) is 7.07. The van der Waals surface area contributed by atoms with E-state index in [1.54, 1.807) is 28.8 Å². The molecule has 0 saturated carbocycles. The fraction of sp³-hybridized carbons (Fsp3) is 0.417. The molecule has 2 amide bonds. The summed E-state index contributed by atoms with van der Waals surface area (Å²) < 4.78 is 0. The van der Waals surface area contributed by atoms with Gasteiger partial charge in [-0.2, -0.15) is 0 Å². The van der Waals surface area contributed by atoms with Crippen LogP contribution in [-0.2, 0) is 17.9 Å². The number of nitrogens with one attached hydrogen (secondary N) is 1. The summed E-state index contributed by atoms with van der Waals surface area (Å²) in [5, 5.41) is 3.09. The third-order valence-electron chi connectivity index (χ3n) is 5.88. The standard InChI is InChI=1S/C24H29N3O2S/c28-23(22-17-30-18-27(22)24(29)19-9-3-1-4-10-19)25-15-20-11-5-6-12-21(20)16-26-13-7-2-8-14-26/h1,3-6,9-12,22H,2,7-8,13-18H2,(H,25,28). The minimum atomic E-state index is -0.419. The highest BCUT2D eigenvalue weighted by molar-refractivity contribution is 7.99. The van der Waals surface area contributed by atoms with E-state index >= 15 is 0 Å². The number of likely N-dealkylation sites (tertiary alicyclic amines) is 1. The first-order chi connectivity index (χ1) is 14.7. The molecule has 2 aliphatic rings. The van der Waals surface area contributed by atoms with Crippen LogP contribution in [0.1, 0.15) is 40.7 Å². The average Bonchev–Trinajstić information content (AvgIpc) is 3.29. The lowest BCUT2D eigenvalue weighted by molar-refractivity contribution is -0.124. The van der Waals surface area contributed by atoms with Crippen molar-refractivity contribution in [3.63, 3.8) is 0 Å². The quantitative estimate of drug-likeness (QED) is 0.773. The largest absolute Gasteiger partial charge is 0.350 e. The maximum absolute atomic E-state index is 12.9. The molecule has 0 aromatic heterocycles. The first-order valence-electron chi connectivity index (χ1n) is 10.7. The van der Waals surface area contributed by atoms with E-state index in [1.165, 1.54) is 24.8 Å². The van der Waals surface area contributed by atoms with Crippen LogP contribution in [0.2, 0.25) is 0 Å². The van der Waals surface area contributed by atoms with Crippen molar-refractivity contribution in [2.24, 2.45) is 0 Å². The summed E-state index contributed by atoms with van der Waals surface area (Å²) in [7, 11) is 0. The lowest BCUT2D eigenvalue weighted by Gasteiger charge is -2.27. The summed E-state index contributed by atoms with van der Waals surface area (Å²) in [5.41, 5.74) is 3.06. The van der Waals surface area contributed by atoms with Crippen molar-refractivity contribution in [1.82, 2.24) is 15.1 Å². The second-order valence-corrected chi connectivity index (χ2v) is 8.98. The van der Waals surface area contributed by atoms with Gasteiger partial charge in [-0.05, 0) is 49.2 Å². The average molecular weight is 424 g/mol. The van der Waals surface area contributed by atoms with Crippen molar-refractivity contribution in [2.75, 3.05) is 24.7 Å². The monoisotopic (exact) mass is 423 g/mol. The number of nitrogens with zero attached hydrogens (tertiary/aromatic N) is 2. The Bertz CT molecular complexity index is 868. The van der Waals surface area contributed by atoms with Crippen molar-refractivity contribution in [3.8, 4) is 0 Å². The Hall–Kier alpha value is -2.31. The highest BCUT2D eigenvalue weighted by Gasteiger charge is 2.35. The molecule has 5 nitrogen and oxygen atoms in total. The SMILES string of the molecule is O=C(NCc1ccccc1CN1CCCCC1)C1CSCN1C(=O)c1ccccc1. The number of carbonyl (C=O) groups excluding carboxylic acids is 2. The lowest BCUT2D eigenvalue weighted by Crippen LogP contribution is -2.47. The molecule has 30 heavy (non-hydrogen) atoms. The Morgan fingerprint density at radius 1 is 0.933 bits per heavy atom. The fourth-order valence-electron chi connectivity index (χ4n) is 4.15. The third kappa shape index (κ3) is 5.05. The van der Waals surface area contributed by atoms with Crippen molar-refractivity contribution < 1.29 is 9.59 Å². The highest BCUT2D eigenvalue weighted by Crippen LogP contribution is 2.24. The van der Waals surface area contributed by atoms with E-state index in [-0.39, 0.29) is 11.8 Å². The molecule has 0 bridgehead atoms. The molecule has 2 aliphatic heterocycles. The molecule has 2 aromatic carbocycles. The van der Waals surface area contributed by atoms with Crippen LogP contribution in [-0.4, -0.2) is 52.4 Å². The van der Waals surface area contributed by atoms with Gasteiger partial charge in [0.1, 0.15) is 6.04 Å². The second kappa shape index (κ2) is 10.1. The molecular weight excluding hydrogens is 394 g/mol. The van der Waals surface area contributed by atoms with E-state index < -0.39 is 6.04 Å². The van der Waals surface area contributed by atoms with Gasteiger partial charge >= 0.3 is 0 Å². The van der Waals surface area contributed by atoms with Gasteiger partial charge in [0.25, 0.3) is 5.91 Å². The zero-order valence-corrected chi connectivity index (χ0v) is 18.1. The van der Waals surface area contributed by atoms with Gasteiger partial charge in [0, 0.05) is 24.4 Å². The predicted molar refractivity (Wildman–Crippen MR) is 121 cm³/mol. The van der Waals surface area contributed by atoms with Gasteiger partial charge in [0.15, 0.2) is 0 Å². The predicted octanol–water partition coefficient (Wildman–Crippen LogP) is 3.50. The topological polar surface area (TPSA) is 52.7 Å². The number of hydrogen-bond donors (Lipinski definition) is 1. The molecule has 6 heteroatoms. The zero-order valence-electron chi connectivity index (χ0n) is 17.3. The van der Waals surface area contributed by atoms with E-state index in [0.29, 0.717) is 23.7 Å².